The fraction of sp³-hybridized carbons (Fsp3) is 0.0870. The molecular weight excluding hydrogens is 407 g/mol. The van der Waals surface area contributed by atoms with E-state index < -0.39 is 17.1 Å². The number of aromatic nitrogens is 2. The fourth-order valence-corrected chi connectivity index (χ4v) is 3.56. The molecule has 0 saturated heterocycles. The van der Waals surface area contributed by atoms with E-state index in [0.717, 1.165) is 4.57 Å². The van der Waals surface area contributed by atoms with Crippen molar-refractivity contribution in [3.63, 3.8) is 0 Å². The van der Waals surface area contributed by atoms with E-state index in [0.29, 0.717) is 21.5 Å². The third-order valence-electron chi connectivity index (χ3n) is 4.83. The van der Waals surface area contributed by atoms with Crippen molar-refractivity contribution < 1.29 is 9.18 Å². The van der Waals surface area contributed by atoms with Gasteiger partial charge in [-0.15, -0.1) is 0 Å². The smallest absolute Gasteiger partial charge is 0.292 e. The van der Waals surface area contributed by atoms with E-state index in [1.165, 1.54) is 28.8 Å². The van der Waals surface area contributed by atoms with E-state index in [4.69, 9.17) is 11.6 Å². The highest BCUT2D eigenvalue weighted by atomic mass is 35.5. The Morgan fingerprint density at radius 2 is 1.63 bits per heavy atom. The minimum atomic E-state index is -0.603. The summed E-state index contributed by atoms with van der Waals surface area (Å²) in [5, 5.41) is 0.819. The van der Waals surface area contributed by atoms with Crippen molar-refractivity contribution in [2.75, 3.05) is 0 Å². The number of carbonyl (C=O) groups is 1. The van der Waals surface area contributed by atoms with Crippen LogP contribution in [0.25, 0.3) is 10.9 Å². The number of benzene rings is 3. The molecule has 1 heterocycles. The van der Waals surface area contributed by atoms with Crippen LogP contribution in [-0.4, -0.2) is 14.9 Å². The number of rotatable bonds is 5. The number of hydrogen-bond acceptors (Lipinski definition) is 3. The molecule has 0 unspecified atom stereocenters. The highest BCUT2D eigenvalue weighted by Gasteiger charge is 2.16. The molecule has 30 heavy (non-hydrogen) atoms. The van der Waals surface area contributed by atoms with Gasteiger partial charge >= 0.3 is 5.69 Å². The Labute approximate surface area is 175 Å². The highest BCUT2D eigenvalue weighted by Crippen LogP contribution is 2.13. The van der Waals surface area contributed by atoms with Crippen LogP contribution in [0.15, 0.2) is 82.4 Å². The van der Waals surface area contributed by atoms with Gasteiger partial charge in [0, 0.05) is 10.6 Å². The maximum Gasteiger partial charge on any atom is 0.332 e. The van der Waals surface area contributed by atoms with Crippen molar-refractivity contribution in [3.8, 4) is 0 Å². The molecule has 150 valence electrons. The first kappa shape index (κ1) is 19.8. The number of nitrogens with zero attached hydrogens (tertiary/aromatic N) is 2. The van der Waals surface area contributed by atoms with Crippen LogP contribution in [0.5, 0.6) is 0 Å². The number of para-hydroxylation sites is 1. The average Bonchev–Trinajstić information content (AvgIpc) is 2.74. The van der Waals surface area contributed by atoms with Gasteiger partial charge in [0.25, 0.3) is 5.56 Å². The molecule has 0 aliphatic rings. The molecule has 0 saturated carbocycles. The lowest BCUT2D eigenvalue weighted by Gasteiger charge is -2.14. The molecule has 3 aromatic carbocycles. The van der Waals surface area contributed by atoms with Crippen LogP contribution in [0.4, 0.5) is 4.39 Å². The van der Waals surface area contributed by atoms with Crippen LogP contribution < -0.4 is 11.2 Å². The number of Topliss-reactive ketones (excluding diaryl/α,β-unsaturated/α-hetero) is 1. The minimum Gasteiger partial charge on any atom is -0.292 e. The molecule has 0 atom stereocenters. The molecule has 0 aliphatic heterocycles. The molecule has 0 aliphatic carbocycles. The summed E-state index contributed by atoms with van der Waals surface area (Å²) in [6, 6.07) is 18.6. The summed E-state index contributed by atoms with van der Waals surface area (Å²) >= 11 is 6.02. The third-order valence-corrected chi connectivity index (χ3v) is 5.06. The van der Waals surface area contributed by atoms with Crippen LogP contribution >= 0.6 is 11.6 Å². The molecule has 0 N–H and O–H groups in total. The molecule has 1 aromatic heterocycles. The Balaban J connectivity index is 1.84. The summed E-state index contributed by atoms with van der Waals surface area (Å²) in [7, 11) is 0. The van der Waals surface area contributed by atoms with Gasteiger partial charge in [-0.05, 0) is 54.1 Å². The first-order chi connectivity index (χ1) is 14.4. The second-order valence-electron chi connectivity index (χ2n) is 6.84. The molecule has 0 amide bonds. The SMILES string of the molecule is O=C(Cn1c(=O)n(Cc2cccc(Cl)c2)c(=O)c2ccccc21)c1ccc(F)cc1. The van der Waals surface area contributed by atoms with Gasteiger partial charge in [0.1, 0.15) is 5.82 Å². The lowest BCUT2D eigenvalue weighted by Crippen LogP contribution is -2.41. The lowest BCUT2D eigenvalue weighted by atomic mass is 10.1. The first-order valence-electron chi connectivity index (χ1n) is 9.19. The number of ketones is 1. The van der Waals surface area contributed by atoms with Crippen LogP contribution in [0, 0.1) is 5.82 Å². The summed E-state index contributed by atoms with van der Waals surface area (Å²) in [4.78, 5) is 38.9. The first-order valence-corrected chi connectivity index (χ1v) is 9.57. The summed E-state index contributed by atoms with van der Waals surface area (Å²) < 4.78 is 15.5. The van der Waals surface area contributed by atoms with Gasteiger partial charge in [-0.25, -0.2) is 9.18 Å². The van der Waals surface area contributed by atoms with E-state index >= 15 is 0 Å². The van der Waals surface area contributed by atoms with Gasteiger partial charge in [-0.1, -0.05) is 35.9 Å². The van der Waals surface area contributed by atoms with Crippen molar-refractivity contribution in [3.05, 3.63) is 116 Å². The van der Waals surface area contributed by atoms with Crippen molar-refractivity contribution in [1.29, 1.82) is 0 Å². The average molecular weight is 423 g/mol. The van der Waals surface area contributed by atoms with Crippen LogP contribution in [0.3, 0.4) is 0 Å². The summed E-state index contributed by atoms with van der Waals surface area (Å²) in [6.45, 7) is -0.255. The second kappa shape index (κ2) is 8.08. The highest BCUT2D eigenvalue weighted by molar-refractivity contribution is 6.30. The van der Waals surface area contributed by atoms with Gasteiger partial charge in [0.15, 0.2) is 5.78 Å². The maximum atomic E-state index is 13.2. The zero-order chi connectivity index (χ0) is 21.3. The predicted molar refractivity (Wildman–Crippen MR) is 114 cm³/mol. The number of fused-ring (bicyclic) bond motifs is 1. The van der Waals surface area contributed by atoms with Crippen molar-refractivity contribution in [2.45, 2.75) is 13.1 Å². The van der Waals surface area contributed by atoms with Crippen molar-refractivity contribution >= 4 is 28.3 Å². The normalized spacial score (nSPS) is 11.0. The molecule has 4 rings (SSSR count). The number of carbonyl (C=O) groups excluding carboxylic acids is 1. The summed E-state index contributed by atoms with van der Waals surface area (Å²) in [5.41, 5.74) is 0.286. The van der Waals surface area contributed by atoms with Gasteiger partial charge in [-0.3, -0.25) is 18.7 Å². The number of hydrogen-bond donors (Lipinski definition) is 0. The molecule has 0 fully saturated rings. The molecule has 7 heteroatoms. The van der Waals surface area contributed by atoms with Crippen LogP contribution in [0.2, 0.25) is 5.02 Å². The second-order valence-corrected chi connectivity index (χ2v) is 7.27. The molecular formula is C23H16ClFN2O3. The van der Waals surface area contributed by atoms with Gasteiger partial charge in [0.05, 0.1) is 24.0 Å². The zero-order valence-corrected chi connectivity index (χ0v) is 16.5. The molecule has 5 nitrogen and oxygen atoms in total. The molecule has 4 aromatic rings. The topological polar surface area (TPSA) is 61.1 Å². The van der Waals surface area contributed by atoms with E-state index in [2.05, 4.69) is 0 Å². The lowest BCUT2D eigenvalue weighted by molar-refractivity contribution is 0.0971. The quantitative estimate of drug-likeness (QED) is 0.458. The van der Waals surface area contributed by atoms with Gasteiger partial charge in [-0.2, -0.15) is 0 Å². The Hall–Kier alpha value is -3.51. The summed E-state index contributed by atoms with van der Waals surface area (Å²) in [5.74, 6) is -0.820. The van der Waals surface area contributed by atoms with E-state index in [1.54, 1.807) is 48.5 Å². The van der Waals surface area contributed by atoms with E-state index in [1.807, 2.05) is 0 Å². The number of halogens is 2. The third kappa shape index (κ3) is 3.82. The van der Waals surface area contributed by atoms with Crippen molar-refractivity contribution in [2.24, 2.45) is 0 Å². The van der Waals surface area contributed by atoms with Crippen molar-refractivity contribution in [1.82, 2.24) is 9.13 Å². The Morgan fingerprint density at radius 1 is 0.900 bits per heavy atom. The molecule has 0 radical (unpaired) electrons. The zero-order valence-electron chi connectivity index (χ0n) is 15.7. The predicted octanol–water partition coefficient (Wildman–Crippen LogP) is 3.89. The minimum absolute atomic E-state index is 0.0216. The van der Waals surface area contributed by atoms with E-state index in [9.17, 15) is 18.8 Å². The van der Waals surface area contributed by atoms with Crippen LogP contribution in [-0.2, 0) is 13.1 Å². The molecule has 0 spiro atoms. The Morgan fingerprint density at radius 3 is 2.37 bits per heavy atom. The largest absolute Gasteiger partial charge is 0.332 e. The van der Waals surface area contributed by atoms with Crippen LogP contribution in [0.1, 0.15) is 15.9 Å². The Bertz CT molecular complexity index is 1370. The van der Waals surface area contributed by atoms with E-state index in [-0.39, 0.29) is 24.4 Å². The maximum absolute atomic E-state index is 13.2. The fourth-order valence-electron chi connectivity index (χ4n) is 3.35. The van der Waals surface area contributed by atoms with Gasteiger partial charge in [0.2, 0.25) is 0 Å². The Kier molecular flexibility index (Phi) is 5.33. The molecule has 0 bridgehead atoms. The van der Waals surface area contributed by atoms with Gasteiger partial charge < -0.3 is 0 Å². The summed E-state index contributed by atoms with van der Waals surface area (Å²) in [6.07, 6.45) is 0. The standard InChI is InChI=1S/C23H16ClFN2O3/c24-17-5-3-4-15(12-17)13-27-22(29)19-6-1-2-7-20(19)26(23(27)30)14-21(28)16-8-10-18(25)11-9-16/h1-12H,13-14H2. The monoisotopic (exact) mass is 422 g/mol.